The van der Waals surface area contributed by atoms with Gasteiger partial charge in [-0.2, -0.15) is 13.2 Å². The molecule has 0 atom stereocenters. The van der Waals surface area contributed by atoms with Crippen molar-refractivity contribution in [2.24, 2.45) is 0 Å². The number of alkyl halides is 3. The van der Waals surface area contributed by atoms with E-state index in [0.717, 1.165) is 12.3 Å². The zero-order valence-electron chi connectivity index (χ0n) is 15.5. The Morgan fingerprint density at radius 1 is 0.806 bits per heavy atom. The molecule has 31 heavy (non-hydrogen) atoms. The lowest BCUT2D eigenvalue weighted by atomic mass is 10.0. The molecule has 5 nitrogen and oxygen atoms in total. The van der Waals surface area contributed by atoms with Gasteiger partial charge >= 0.3 is 6.18 Å². The molecule has 4 aromatic rings. The molecule has 2 heterocycles. The Morgan fingerprint density at radius 2 is 1.61 bits per heavy atom. The van der Waals surface area contributed by atoms with Gasteiger partial charge in [0, 0.05) is 23.0 Å². The van der Waals surface area contributed by atoms with Crippen LogP contribution in [-0.4, -0.2) is 20.2 Å². The molecule has 0 aliphatic rings. The Bertz CT molecular complexity index is 1240. The standard InChI is InChI=1S/C21H12F5N5/c22-13-4-3-5-14(11-13)28-20-29-19(15-6-1-2-7-16(15)23)18(30-31-20)12-8-9-27-17(10-12)21(24,25)26/h1-11H,(H,28,29,31). The number of hydrogen-bond acceptors (Lipinski definition) is 5. The fourth-order valence-corrected chi connectivity index (χ4v) is 2.84. The van der Waals surface area contributed by atoms with Crippen molar-refractivity contribution in [3.63, 3.8) is 0 Å². The molecule has 0 amide bonds. The lowest BCUT2D eigenvalue weighted by Gasteiger charge is -2.12. The van der Waals surface area contributed by atoms with Crippen molar-refractivity contribution in [2.45, 2.75) is 6.18 Å². The van der Waals surface area contributed by atoms with Crippen molar-refractivity contribution in [3.8, 4) is 22.5 Å². The van der Waals surface area contributed by atoms with E-state index in [4.69, 9.17) is 0 Å². The van der Waals surface area contributed by atoms with Crippen LogP contribution in [0.4, 0.5) is 33.6 Å². The summed E-state index contributed by atoms with van der Waals surface area (Å²) in [6.07, 6.45) is -3.70. The highest BCUT2D eigenvalue weighted by Gasteiger charge is 2.33. The van der Waals surface area contributed by atoms with E-state index >= 15 is 0 Å². The van der Waals surface area contributed by atoms with Crippen LogP contribution in [0.25, 0.3) is 22.5 Å². The zero-order valence-corrected chi connectivity index (χ0v) is 15.5. The summed E-state index contributed by atoms with van der Waals surface area (Å²) in [4.78, 5) is 7.57. The van der Waals surface area contributed by atoms with Crippen LogP contribution in [0.5, 0.6) is 0 Å². The van der Waals surface area contributed by atoms with E-state index in [1.807, 2.05) is 0 Å². The number of rotatable bonds is 4. The third kappa shape index (κ3) is 4.47. The van der Waals surface area contributed by atoms with Crippen LogP contribution < -0.4 is 5.32 Å². The Morgan fingerprint density at radius 3 is 2.35 bits per heavy atom. The molecular weight excluding hydrogens is 417 g/mol. The van der Waals surface area contributed by atoms with E-state index in [1.165, 1.54) is 42.5 Å². The molecule has 0 radical (unpaired) electrons. The molecular formula is C21H12F5N5. The van der Waals surface area contributed by atoms with Gasteiger partial charge in [-0.1, -0.05) is 18.2 Å². The molecule has 0 aliphatic carbocycles. The largest absolute Gasteiger partial charge is 0.433 e. The summed E-state index contributed by atoms with van der Waals surface area (Å²) in [5.74, 6) is -1.23. The van der Waals surface area contributed by atoms with E-state index < -0.39 is 23.5 Å². The van der Waals surface area contributed by atoms with E-state index in [2.05, 4.69) is 25.5 Å². The predicted octanol–water partition coefficient (Wildman–Crippen LogP) is 5.64. The van der Waals surface area contributed by atoms with Gasteiger partial charge in [0.15, 0.2) is 0 Å². The molecule has 0 aliphatic heterocycles. The molecule has 4 rings (SSSR count). The molecule has 1 N–H and O–H groups in total. The van der Waals surface area contributed by atoms with Gasteiger partial charge in [0.1, 0.15) is 28.7 Å². The van der Waals surface area contributed by atoms with Crippen LogP contribution >= 0.6 is 0 Å². The predicted molar refractivity (Wildman–Crippen MR) is 103 cm³/mol. The summed E-state index contributed by atoms with van der Waals surface area (Å²) in [5.41, 5.74) is -0.891. The van der Waals surface area contributed by atoms with E-state index in [1.54, 1.807) is 12.1 Å². The summed E-state index contributed by atoms with van der Waals surface area (Å²) in [6.45, 7) is 0. The third-order valence-electron chi connectivity index (χ3n) is 4.22. The maximum atomic E-state index is 14.5. The molecule has 156 valence electrons. The van der Waals surface area contributed by atoms with Gasteiger partial charge < -0.3 is 5.32 Å². The third-order valence-corrected chi connectivity index (χ3v) is 4.22. The first kappa shape index (κ1) is 20.3. The number of halogens is 5. The number of benzene rings is 2. The van der Waals surface area contributed by atoms with Crippen molar-refractivity contribution in [3.05, 3.63) is 84.2 Å². The Kier molecular flexibility index (Phi) is 5.28. The normalized spacial score (nSPS) is 11.4. The highest BCUT2D eigenvalue weighted by molar-refractivity contribution is 5.78. The maximum Gasteiger partial charge on any atom is 0.433 e. The number of pyridine rings is 1. The number of hydrogen-bond donors (Lipinski definition) is 1. The van der Waals surface area contributed by atoms with Crippen LogP contribution in [0.15, 0.2) is 66.9 Å². The smallest absolute Gasteiger partial charge is 0.323 e. The number of aromatic nitrogens is 4. The van der Waals surface area contributed by atoms with Crippen LogP contribution in [0.3, 0.4) is 0 Å². The number of nitrogens with zero attached hydrogens (tertiary/aromatic N) is 4. The van der Waals surface area contributed by atoms with E-state index in [-0.39, 0.29) is 28.5 Å². The molecule has 0 saturated carbocycles. The average Bonchev–Trinajstić information content (AvgIpc) is 2.74. The Labute approximate surface area is 172 Å². The molecule has 0 unspecified atom stereocenters. The summed E-state index contributed by atoms with van der Waals surface area (Å²) >= 11 is 0. The lowest BCUT2D eigenvalue weighted by Crippen LogP contribution is -2.08. The lowest BCUT2D eigenvalue weighted by molar-refractivity contribution is -0.141. The van der Waals surface area contributed by atoms with Crippen molar-refractivity contribution in [1.82, 2.24) is 20.2 Å². The van der Waals surface area contributed by atoms with Crippen molar-refractivity contribution in [2.75, 3.05) is 5.32 Å². The summed E-state index contributed by atoms with van der Waals surface area (Å²) in [7, 11) is 0. The minimum Gasteiger partial charge on any atom is -0.323 e. The van der Waals surface area contributed by atoms with E-state index in [9.17, 15) is 22.0 Å². The first-order valence-electron chi connectivity index (χ1n) is 8.87. The fraction of sp³-hybridized carbons (Fsp3) is 0.0476. The number of anilines is 2. The second kappa shape index (κ2) is 8.05. The quantitative estimate of drug-likeness (QED) is 0.426. The van der Waals surface area contributed by atoms with E-state index in [0.29, 0.717) is 5.69 Å². The fourth-order valence-electron chi connectivity index (χ4n) is 2.84. The van der Waals surface area contributed by atoms with Crippen LogP contribution in [0.2, 0.25) is 0 Å². The monoisotopic (exact) mass is 429 g/mol. The molecule has 10 heteroatoms. The molecule has 2 aromatic carbocycles. The molecule has 0 saturated heterocycles. The molecule has 0 bridgehead atoms. The first-order valence-corrected chi connectivity index (χ1v) is 8.87. The van der Waals surface area contributed by atoms with Gasteiger partial charge in [-0.15, -0.1) is 10.2 Å². The topological polar surface area (TPSA) is 63.6 Å². The maximum absolute atomic E-state index is 14.5. The molecule has 0 fully saturated rings. The van der Waals surface area contributed by atoms with Crippen molar-refractivity contribution < 1.29 is 22.0 Å². The second-order valence-corrected chi connectivity index (χ2v) is 6.38. The van der Waals surface area contributed by atoms with Gasteiger partial charge in [0.25, 0.3) is 0 Å². The van der Waals surface area contributed by atoms with Crippen LogP contribution in [0, 0.1) is 11.6 Å². The minimum atomic E-state index is -4.67. The molecule has 2 aromatic heterocycles. The van der Waals surface area contributed by atoms with Gasteiger partial charge in [0.05, 0.1) is 0 Å². The average molecular weight is 429 g/mol. The first-order chi connectivity index (χ1) is 14.8. The van der Waals surface area contributed by atoms with Gasteiger partial charge in [0.2, 0.25) is 5.95 Å². The zero-order chi connectivity index (χ0) is 22.0. The minimum absolute atomic E-state index is 0.0119. The highest BCUT2D eigenvalue weighted by atomic mass is 19.4. The Balaban J connectivity index is 1.85. The molecule has 0 spiro atoms. The van der Waals surface area contributed by atoms with Gasteiger partial charge in [-0.05, 0) is 42.5 Å². The summed E-state index contributed by atoms with van der Waals surface area (Å²) in [5, 5.41) is 10.6. The second-order valence-electron chi connectivity index (χ2n) is 6.38. The summed E-state index contributed by atoms with van der Waals surface area (Å²) < 4.78 is 67.2. The van der Waals surface area contributed by atoms with Crippen molar-refractivity contribution in [1.29, 1.82) is 0 Å². The van der Waals surface area contributed by atoms with Crippen LogP contribution in [-0.2, 0) is 6.18 Å². The van der Waals surface area contributed by atoms with Crippen LogP contribution in [0.1, 0.15) is 5.69 Å². The van der Waals surface area contributed by atoms with Gasteiger partial charge in [-0.3, -0.25) is 4.98 Å². The Hall–Kier alpha value is -3.95. The summed E-state index contributed by atoms with van der Waals surface area (Å²) in [6, 6.07) is 13.2. The number of nitrogens with one attached hydrogen (secondary N) is 1. The SMILES string of the molecule is Fc1cccc(Nc2nnc(-c3ccnc(C(F)(F)F)c3)c(-c3ccccc3F)n2)c1. The van der Waals surface area contributed by atoms with Crippen molar-refractivity contribution >= 4 is 11.6 Å². The highest BCUT2D eigenvalue weighted by Crippen LogP contribution is 2.34. The van der Waals surface area contributed by atoms with Gasteiger partial charge in [-0.25, -0.2) is 13.8 Å².